The first kappa shape index (κ1) is 36.3. The molecule has 1 aliphatic rings. The lowest BCUT2D eigenvalue weighted by Crippen LogP contribution is -2.49. The van der Waals surface area contributed by atoms with E-state index in [9.17, 15) is 19.5 Å². The molecule has 4 atom stereocenters. The van der Waals surface area contributed by atoms with Crippen LogP contribution in [0.1, 0.15) is 47.9 Å². The number of amides is 2. The summed E-state index contributed by atoms with van der Waals surface area (Å²) in [5.41, 5.74) is 4.17. The number of aliphatic hydroxyl groups is 1. The monoisotopic (exact) mass is 652 g/mol. The third kappa shape index (κ3) is 11.0. The van der Waals surface area contributed by atoms with Crippen LogP contribution in [0, 0.1) is 11.8 Å². The van der Waals surface area contributed by atoms with Gasteiger partial charge in [-0.15, -0.1) is 13.2 Å². The van der Waals surface area contributed by atoms with Gasteiger partial charge in [0.05, 0.1) is 43.7 Å². The fraction of sp³-hybridized carbons (Fsp3) is 0.375. The Morgan fingerprint density at radius 1 is 0.875 bits per heavy atom. The molecule has 1 heterocycles. The lowest BCUT2D eigenvalue weighted by molar-refractivity contribution is -0.150. The Balaban J connectivity index is 1.43. The van der Waals surface area contributed by atoms with Crippen molar-refractivity contribution in [2.24, 2.45) is 11.8 Å². The molecular weight excluding hydrogens is 604 g/mol. The van der Waals surface area contributed by atoms with Gasteiger partial charge in [-0.1, -0.05) is 97.1 Å². The van der Waals surface area contributed by atoms with Crippen LogP contribution in [-0.2, 0) is 49.9 Å². The molecule has 0 saturated heterocycles. The number of hydrogen-bond donors (Lipinski definition) is 2. The molecule has 1 aliphatic heterocycles. The Bertz CT molecular complexity index is 1480. The van der Waals surface area contributed by atoms with Crippen molar-refractivity contribution in [3.05, 3.63) is 132 Å². The topological polar surface area (TPSA) is 105 Å². The second kappa shape index (κ2) is 19.3. The van der Waals surface area contributed by atoms with Crippen molar-refractivity contribution >= 4 is 17.8 Å². The minimum Gasteiger partial charge on any atom is -0.463 e. The fourth-order valence-corrected chi connectivity index (χ4v) is 6.02. The maximum absolute atomic E-state index is 13.7. The summed E-state index contributed by atoms with van der Waals surface area (Å²) >= 11 is 0. The molecule has 0 saturated carbocycles. The van der Waals surface area contributed by atoms with Crippen LogP contribution in [0.3, 0.4) is 0 Å². The van der Waals surface area contributed by atoms with E-state index in [-0.39, 0.29) is 62.4 Å². The highest BCUT2D eigenvalue weighted by atomic mass is 16.5. The molecule has 8 heteroatoms. The number of allylic oxidation sites excluding steroid dienone is 2. The molecule has 0 spiro atoms. The summed E-state index contributed by atoms with van der Waals surface area (Å²) in [4.78, 5) is 42.3. The Hall–Kier alpha value is -4.53. The number of nitrogens with zero attached hydrogens (tertiary/aromatic N) is 1. The van der Waals surface area contributed by atoms with Crippen molar-refractivity contribution in [2.45, 2.75) is 63.8 Å². The van der Waals surface area contributed by atoms with E-state index in [1.165, 1.54) is 0 Å². The summed E-state index contributed by atoms with van der Waals surface area (Å²) < 4.78 is 11.8. The predicted octanol–water partition coefficient (Wildman–Crippen LogP) is 5.58. The number of ether oxygens (including phenoxy) is 2. The second-order valence-corrected chi connectivity index (χ2v) is 12.3. The molecule has 4 rings (SSSR count). The van der Waals surface area contributed by atoms with E-state index in [4.69, 9.17) is 9.47 Å². The highest BCUT2D eigenvalue weighted by molar-refractivity contribution is 5.86. The number of nitrogens with one attached hydrogen (secondary N) is 1. The van der Waals surface area contributed by atoms with Gasteiger partial charge in [-0.2, -0.15) is 0 Å². The van der Waals surface area contributed by atoms with Crippen LogP contribution in [0.25, 0.3) is 0 Å². The van der Waals surface area contributed by atoms with Gasteiger partial charge in [0.2, 0.25) is 11.8 Å². The first-order valence-corrected chi connectivity index (χ1v) is 16.7. The van der Waals surface area contributed by atoms with Crippen LogP contribution in [0.15, 0.2) is 110 Å². The zero-order valence-electron chi connectivity index (χ0n) is 27.7. The van der Waals surface area contributed by atoms with Crippen LogP contribution in [0.2, 0.25) is 0 Å². The average molecular weight is 653 g/mol. The normalized spacial score (nSPS) is 15.8. The number of rotatable bonds is 19. The lowest BCUT2D eigenvalue weighted by Gasteiger charge is -2.36. The molecule has 0 aliphatic carbocycles. The Kier molecular flexibility index (Phi) is 14.6. The molecule has 8 nitrogen and oxygen atoms in total. The number of carbonyl (C=O) groups is 3. The van der Waals surface area contributed by atoms with Gasteiger partial charge in [-0.25, -0.2) is 0 Å². The molecule has 0 aromatic heterocycles. The lowest BCUT2D eigenvalue weighted by atomic mass is 9.92. The molecule has 254 valence electrons. The SMILES string of the molecule is C=CCC[C@H](Cc1ccccc1)C(=O)OC[C@H](COCc1ccccc1)NC(=O)[C@@H](CC=C)CC(=O)N1Cc2ccccc2C[C@H]1CO. The first-order chi connectivity index (χ1) is 23.4. The van der Waals surface area contributed by atoms with Gasteiger partial charge in [0.15, 0.2) is 0 Å². The average Bonchev–Trinajstić information content (AvgIpc) is 3.12. The summed E-state index contributed by atoms with van der Waals surface area (Å²) in [6.07, 6.45) is 6.01. The smallest absolute Gasteiger partial charge is 0.309 e. The predicted molar refractivity (Wildman–Crippen MR) is 187 cm³/mol. The Morgan fingerprint density at radius 2 is 1.54 bits per heavy atom. The molecule has 0 unspecified atom stereocenters. The van der Waals surface area contributed by atoms with Crippen molar-refractivity contribution in [3.8, 4) is 0 Å². The number of esters is 1. The summed E-state index contributed by atoms with van der Waals surface area (Å²) in [5, 5.41) is 13.1. The Morgan fingerprint density at radius 3 is 2.21 bits per heavy atom. The van der Waals surface area contributed by atoms with E-state index < -0.39 is 12.0 Å². The molecule has 48 heavy (non-hydrogen) atoms. The highest BCUT2D eigenvalue weighted by Gasteiger charge is 2.32. The summed E-state index contributed by atoms with van der Waals surface area (Å²) in [5.74, 6) is -1.97. The van der Waals surface area contributed by atoms with Crippen molar-refractivity contribution in [3.63, 3.8) is 0 Å². The van der Waals surface area contributed by atoms with Crippen LogP contribution in [-0.4, -0.2) is 59.7 Å². The van der Waals surface area contributed by atoms with E-state index in [1.54, 1.807) is 17.1 Å². The van der Waals surface area contributed by atoms with Crippen molar-refractivity contribution < 1.29 is 29.0 Å². The van der Waals surface area contributed by atoms with Crippen molar-refractivity contribution in [1.29, 1.82) is 0 Å². The van der Waals surface area contributed by atoms with Gasteiger partial charge in [0.25, 0.3) is 0 Å². The van der Waals surface area contributed by atoms with Crippen LogP contribution in [0.5, 0.6) is 0 Å². The van der Waals surface area contributed by atoms with Gasteiger partial charge in [-0.05, 0) is 54.4 Å². The van der Waals surface area contributed by atoms with Gasteiger partial charge >= 0.3 is 5.97 Å². The molecule has 3 aromatic rings. The molecule has 0 radical (unpaired) electrons. The van der Waals surface area contributed by atoms with E-state index in [1.807, 2.05) is 84.9 Å². The molecule has 2 N–H and O–H groups in total. The Labute approximate surface area is 284 Å². The minimum absolute atomic E-state index is 0.0470. The highest BCUT2D eigenvalue weighted by Crippen LogP contribution is 2.25. The van der Waals surface area contributed by atoms with E-state index >= 15 is 0 Å². The molecule has 2 amide bonds. The zero-order valence-corrected chi connectivity index (χ0v) is 27.7. The molecule has 3 aromatic carbocycles. The van der Waals surface area contributed by atoms with Gasteiger partial charge in [-0.3, -0.25) is 14.4 Å². The number of fused-ring (bicyclic) bond motifs is 1. The number of benzene rings is 3. The second-order valence-electron chi connectivity index (χ2n) is 12.3. The number of aliphatic hydroxyl groups excluding tert-OH is 1. The van der Waals surface area contributed by atoms with Gasteiger partial charge in [0, 0.05) is 13.0 Å². The van der Waals surface area contributed by atoms with Gasteiger partial charge in [0.1, 0.15) is 6.61 Å². The number of hydrogen-bond acceptors (Lipinski definition) is 6. The van der Waals surface area contributed by atoms with Crippen molar-refractivity contribution in [2.75, 3.05) is 19.8 Å². The number of carbonyl (C=O) groups excluding carboxylic acids is 3. The van der Waals surface area contributed by atoms with E-state index in [0.717, 1.165) is 22.3 Å². The van der Waals surface area contributed by atoms with E-state index in [2.05, 4.69) is 18.5 Å². The van der Waals surface area contributed by atoms with Gasteiger partial charge < -0.3 is 24.8 Å². The molecule has 0 fully saturated rings. The maximum Gasteiger partial charge on any atom is 0.309 e. The molecular formula is C40H48N2O6. The minimum atomic E-state index is -0.697. The summed E-state index contributed by atoms with van der Waals surface area (Å²) in [6.45, 7) is 8.19. The quantitative estimate of drug-likeness (QED) is 0.129. The summed E-state index contributed by atoms with van der Waals surface area (Å²) in [7, 11) is 0. The van der Waals surface area contributed by atoms with E-state index in [0.29, 0.717) is 38.8 Å². The first-order valence-electron chi connectivity index (χ1n) is 16.7. The molecule has 0 bridgehead atoms. The van der Waals surface area contributed by atoms with Crippen LogP contribution < -0.4 is 5.32 Å². The van der Waals surface area contributed by atoms with Crippen LogP contribution >= 0.6 is 0 Å². The fourth-order valence-electron chi connectivity index (χ4n) is 6.02. The van der Waals surface area contributed by atoms with Crippen LogP contribution in [0.4, 0.5) is 0 Å². The zero-order chi connectivity index (χ0) is 34.1. The van der Waals surface area contributed by atoms with Crippen molar-refractivity contribution in [1.82, 2.24) is 10.2 Å². The third-order valence-corrected chi connectivity index (χ3v) is 8.71. The summed E-state index contributed by atoms with van der Waals surface area (Å²) in [6, 6.07) is 26.4. The third-order valence-electron chi connectivity index (χ3n) is 8.71. The largest absolute Gasteiger partial charge is 0.463 e. The standard InChI is InChI=1S/C40H48N2O6/c1-3-5-19-34(22-30-15-8-6-9-16-30)40(46)48-29-36(28-47-27-31-17-10-7-11-18-31)41-39(45)33(14-4-2)24-38(44)42-25-35-21-13-12-20-32(35)23-37(42)26-43/h3-4,6-13,15-18,20-21,33-34,36-37,43H,1-2,5,14,19,22-29H2,(H,41,45)/t33-,34+,36-,37-/m0/s1. The maximum atomic E-state index is 13.7.